The van der Waals surface area contributed by atoms with Gasteiger partial charge in [0, 0.05) is 12.5 Å². The topological polar surface area (TPSA) is 323 Å². The van der Waals surface area contributed by atoms with Crippen molar-refractivity contribution < 1.29 is 57.5 Å². The van der Waals surface area contributed by atoms with Gasteiger partial charge in [-0.05, 0) is 42.8 Å². The smallest absolute Gasteiger partial charge is 0.474 e. The molecule has 408 valence electrons. The number of hydrogen-bond acceptors (Lipinski definition) is 20. The number of nitrogens with zero attached hydrogens (tertiary/aromatic N) is 8. The first-order valence-electron chi connectivity index (χ1n) is 26.3. The van der Waals surface area contributed by atoms with Crippen molar-refractivity contribution in [2.45, 2.75) is 157 Å². The number of ether oxygens (including phenoxy) is 4. The Balaban J connectivity index is 0.991. The van der Waals surface area contributed by atoms with Crippen LogP contribution in [0.4, 0.5) is 11.6 Å². The van der Waals surface area contributed by atoms with Gasteiger partial charge in [-0.25, -0.2) is 23.6 Å². The van der Waals surface area contributed by atoms with E-state index in [4.69, 9.17) is 44.0 Å². The normalized spacial score (nSPS) is 24.2. The third-order valence-electron chi connectivity index (χ3n) is 14.0. The molecule has 0 radical (unpaired) electrons. The summed E-state index contributed by atoms with van der Waals surface area (Å²) in [5.74, 6) is 0.192. The quantitative estimate of drug-likeness (QED) is 0.0194. The number of nitrogen functional groups attached to an aromatic ring is 2. The lowest BCUT2D eigenvalue weighted by Gasteiger charge is -2.26. The van der Waals surface area contributed by atoms with Crippen molar-refractivity contribution in [1.29, 1.82) is 10.5 Å². The summed E-state index contributed by atoms with van der Waals surface area (Å²) in [6, 6.07) is 18.9. The predicted molar refractivity (Wildman–Crippen MR) is 274 cm³/mol. The first kappa shape index (κ1) is 57.4. The summed E-state index contributed by atoms with van der Waals surface area (Å²) in [6.45, 7) is 1.05. The van der Waals surface area contributed by atoms with E-state index >= 15 is 0 Å². The molecule has 2 aliphatic rings. The number of phosphoric ester groups is 1. The molecule has 5 aromatic rings. The molecule has 0 amide bonds. The van der Waals surface area contributed by atoms with Crippen molar-refractivity contribution in [3.8, 4) is 17.9 Å². The fourth-order valence-electron chi connectivity index (χ4n) is 9.62. The summed E-state index contributed by atoms with van der Waals surface area (Å²) >= 11 is 0. The summed E-state index contributed by atoms with van der Waals surface area (Å²) in [5, 5.41) is 74.8. The van der Waals surface area contributed by atoms with Crippen LogP contribution in [0, 0.1) is 28.6 Å². The number of para-hydroxylation sites is 1. The van der Waals surface area contributed by atoms with E-state index in [0.717, 1.165) is 31.9 Å². The van der Waals surface area contributed by atoms with Crippen LogP contribution in [0.25, 0.3) is 11.0 Å². The van der Waals surface area contributed by atoms with Gasteiger partial charge in [0.05, 0.1) is 44.4 Å². The zero-order valence-corrected chi connectivity index (χ0v) is 43.6. The first-order valence-corrected chi connectivity index (χ1v) is 27.7. The molecule has 8 N–H and O–H groups in total. The van der Waals surface area contributed by atoms with E-state index in [2.05, 4.69) is 27.1 Å². The van der Waals surface area contributed by atoms with Gasteiger partial charge in [0.2, 0.25) is 11.2 Å². The highest BCUT2D eigenvalue weighted by Gasteiger charge is 2.59. The van der Waals surface area contributed by atoms with Gasteiger partial charge >= 0.3 is 7.82 Å². The highest BCUT2D eigenvalue weighted by molar-refractivity contribution is 7.48. The maximum absolute atomic E-state index is 14.9. The molecule has 75 heavy (non-hydrogen) atoms. The van der Waals surface area contributed by atoms with Crippen LogP contribution in [-0.2, 0) is 43.5 Å². The largest absolute Gasteiger partial charge is 0.493 e. The molecule has 2 aliphatic heterocycles. The molecular weight excluding hydrogens is 988 g/mol. The predicted octanol–water partition coefficient (Wildman–Crippen LogP) is 6.45. The molecule has 0 bridgehead atoms. The van der Waals surface area contributed by atoms with Crippen LogP contribution >= 0.6 is 7.82 Å². The lowest BCUT2D eigenvalue weighted by atomic mass is 9.92. The fraction of sp³-hybridized carbons (Fsp3) is 0.615. The van der Waals surface area contributed by atoms with Gasteiger partial charge in [0.15, 0.2) is 11.6 Å². The molecule has 9 atom stereocenters. The van der Waals surface area contributed by atoms with Crippen LogP contribution in [0.15, 0.2) is 67.3 Å². The minimum Gasteiger partial charge on any atom is -0.493 e. The second-order valence-corrected chi connectivity index (χ2v) is 21.1. The Bertz CT molecular complexity index is 2550. The highest BCUT2D eigenvalue weighted by atomic mass is 31.2. The SMILES string of the molecule is CCCCCCCCCCCCCCCCCCOCC(COc1ccccc1)COP(=O)(OC[C@H]1O[C@@](C#N)(c2ccc3c(N)ncnn23)[C@H](O)[C@@H]1O)OC[C@H]1O[C@@](C#N)(c2ccc3c(N)ncnn23)[C@H](O)[C@@H]1O. The summed E-state index contributed by atoms with van der Waals surface area (Å²) < 4.78 is 59.5. The average Bonchev–Trinajstić information content (AvgIpc) is 4.19. The summed E-state index contributed by atoms with van der Waals surface area (Å²) in [6.07, 6.45) is 12.0. The van der Waals surface area contributed by atoms with Crippen LogP contribution in [0.2, 0.25) is 0 Å². The Hall–Kier alpha value is -5.33. The molecule has 1 unspecified atom stereocenters. The lowest BCUT2D eigenvalue weighted by Crippen LogP contribution is -2.41. The molecule has 7 rings (SSSR count). The number of nitriles is 2. The van der Waals surface area contributed by atoms with Crippen molar-refractivity contribution in [3.05, 3.63) is 78.6 Å². The van der Waals surface area contributed by atoms with Gasteiger partial charge in [0.25, 0.3) is 0 Å². The van der Waals surface area contributed by atoms with Gasteiger partial charge < -0.3 is 50.8 Å². The molecule has 2 fully saturated rings. The van der Waals surface area contributed by atoms with E-state index in [1.807, 2.05) is 30.3 Å². The van der Waals surface area contributed by atoms with Crippen molar-refractivity contribution in [2.75, 3.05) is 51.1 Å². The number of anilines is 2. The van der Waals surface area contributed by atoms with Crippen LogP contribution in [0.3, 0.4) is 0 Å². The van der Waals surface area contributed by atoms with E-state index in [-0.39, 0.29) is 42.8 Å². The molecule has 0 aliphatic carbocycles. The van der Waals surface area contributed by atoms with Crippen molar-refractivity contribution in [1.82, 2.24) is 29.2 Å². The van der Waals surface area contributed by atoms with Crippen molar-refractivity contribution in [3.63, 3.8) is 0 Å². The number of aromatic nitrogens is 6. The van der Waals surface area contributed by atoms with Crippen molar-refractivity contribution in [2.24, 2.45) is 5.92 Å². The van der Waals surface area contributed by atoms with Gasteiger partial charge in [-0.2, -0.15) is 20.7 Å². The standard InChI is InChI=1S/C52H73N10O12P/c1-2-3-4-5-6-7-8-9-10-11-12-13-14-15-16-20-27-68-28-37(29-69-38-21-18-17-19-22-38)30-70-75(67,71-31-41-45(63)47(65)51(33-53,73-41)43-25-23-39-49(55)57-35-59-61(39)43)72-32-42-46(64)48(66)52(34-54,74-42)44-26-24-40-50(56)58-36-60-62(40)44/h17-19,21-26,35-37,41-42,45-48,63-66H,2-16,20,27-32H2,1H3,(H2,55,57,59)(H2,56,58,60)/t37?,41-,42-,45-,46-,47-,48-,51+,52+/m1/s1. The highest BCUT2D eigenvalue weighted by Crippen LogP contribution is 2.52. The van der Waals surface area contributed by atoms with Crippen LogP contribution in [0.5, 0.6) is 5.75 Å². The summed E-state index contributed by atoms with van der Waals surface area (Å²) in [5.41, 5.74) is 8.28. The molecule has 0 saturated carbocycles. The van der Waals surface area contributed by atoms with E-state index < -0.39 is 74.8 Å². The van der Waals surface area contributed by atoms with E-state index in [9.17, 15) is 35.5 Å². The maximum Gasteiger partial charge on any atom is 0.474 e. The van der Waals surface area contributed by atoms with E-state index in [0.29, 0.717) is 23.4 Å². The van der Waals surface area contributed by atoms with Gasteiger partial charge in [-0.1, -0.05) is 121 Å². The third kappa shape index (κ3) is 14.0. The second kappa shape index (κ2) is 27.6. The molecule has 2 saturated heterocycles. The molecular formula is C52H73N10O12P. The number of benzene rings is 1. The molecule has 22 nitrogen and oxygen atoms in total. The van der Waals surface area contributed by atoms with Gasteiger partial charge in [-0.15, -0.1) is 0 Å². The zero-order chi connectivity index (χ0) is 53.3. The number of aliphatic hydroxyl groups is 4. The Kier molecular flexibility index (Phi) is 21.1. The number of rotatable bonds is 33. The lowest BCUT2D eigenvalue weighted by molar-refractivity contribution is -0.0750. The first-order chi connectivity index (χ1) is 36.4. The number of nitrogens with two attached hydrogens (primary N) is 2. The Morgan fingerprint density at radius 3 is 1.55 bits per heavy atom. The number of phosphoric acid groups is 1. The van der Waals surface area contributed by atoms with Crippen molar-refractivity contribution >= 4 is 30.5 Å². The molecule has 4 aromatic heterocycles. The Morgan fingerprint density at radius 1 is 0.640 bits per heavy atom. The van der Waals surface area contributed by atoms with E-state index in [1.165, 1.54) is 117 Å². The summed E-state index contributed by atoms with van der Waals surface area (Å²) in [4.78, 5) is 7.92. The zero-order valence-electron chi connectivity index (χ0n) is 42.7. The fourth-order valence-corrected chi connectivity index (χ4v) is 10.9. The molecule has 1 aromatic carbocycles. The minimum atomic E-state index is -4.86. The van der Waals surface area contributed by atoms with Gasteiger partial charge in [0.1, 0.15) is 78.2 Å². The Labute approximate surface area is 437 Å². The number of fused-ring (bicyclic) bond motifs is 2. The van der Waals surface area contributed by atoms with Crippen LogP contribution in [-0.4, -0.2) is 126 Å². The minimum absolute atomic E-state index is 0.0245. The molecule has 6 heterocycles. The van der Waals surface area contributed by atoms with Crippen LogP contribution < -0.4 is 16.2 Å². The number of hydrogen-bond donors (Lipinski definition) is 6. The van der Waals surface area contributed by atoms with Crippen LogP contribution in [0.1, 0.15) is 121 Å². The second-order valence-electron chi connectivity index (χ2n) is 19.4. The molecule has 0 spiro atoms. The third-order valence-corrected chi connectivity index (χ3v) is 15.4. The average molecular weight is 1060 g/mol. The maximum atomic E-state index is 14.9. The summed E-state index contributed by atoms with van der Waals surface area (Å²) in [7, 11) is -4.86. The molecule has 23 heteroatoms. The monoisotopic (exact) mass is 1060 g/mol. The van der Waals surface area contributed by atoms with E-state index in [1.54, 1.807) is 12.1 Å². The Morgan fingerprint density at radius 2 is 1.09 bits per heavy atom. The van der Waals surface area contributed by atoms with Gasteiger partial charge in [-0.3, -0.25) is 13.6 Å². The number of unbranched alkanes of at least 4 members (excludes halogenated alkanes) is 15. The number of aliphatic hydroxyl groups excluding tert-OH is 4.